The SMILES string of the molecule is c1ccc([Si](c2ccccc2)(c2ccccc2)c2ccc(N(c3ccc4c(ccc5ccccc54)c3)c3cc4ccccc4c4oc5ccccc5c34)cc2)cc1. The van der Waals surface area contributed by atoms with E-state index in [1.165, 1.54) is 42.3 Å². The van der Waals surface area contributed by atoms with Crippen LogP contribution in [0.25, 0.3) is 54.3 Å². The maximum Gasteiger partial charge on any atom is 0.179 e. The van der Waals surface area contributed by atoms with Gasteiger partial charge in [0, 0.05) is 22.1 Å². The average molecular weight is 744 g/mol. The van der Waals surface area contributed by atoms with Crippen LogP contribution in [0.5, 0.6) is 0 Å². The van der Waals surface area contributed by atoms with E-state index in [4.69, 9.17) is 4.42 Å². The average Bonchev–Trinajstić information content (AvgIpc) is 3.69. The lowest BCUT2D eigenvalue weighted by molar-refractivity contribution is 0.672. The molecule has 0 radical (unpaired) electrons. The van der Waals surface area contributed by atoms with Gasteiger partial charge in [0.2, 0.25) is 0 Å². The lowest BCUT2D eigenvalue weighted by Gasteiger charge is -2.35. The molecule has 1 heterocycles. The summed E-state index contributed by atoms with van der Waals surface area (Å²) >= 11 is 0. The molecular weight excluding hydrogens is 707 g/mol. The zero-order valence-corrected chi connectivity index (χ0v) is 32.2. The largest absolute Gasteiger partial charge is 0.455 e. The van der Waals surface area contributed by atoms with Crippen molar-refractivity contribution in [1.82, 2.24) is 0 Å². The molecular formula is C54H37NOSi. The van der Waals surface area contributed by atoms with Crippen molar-refractivity contribution >= 4 is 100 Å². The fourth-order valence-electron chi connectivity index (χ4n) is 9.21. The monoisotopic (exact) mass is 743 g/mol. The Morgan fingerprint density at radius 3 is 1.47 bits per heavy atom. The number of para-hydroxylation sites is 1. The van der Waals surface area contributed by atoms with Gasteiger partial charge in [-0.15, -0.1) is 0 Å². The van der Waals surface area contributed by atoms with Crippen LogP contribution in [-0.4, -0.2) is 8.07 Å². The summed E-state index contributed by atoms with van der Waals surface area (Å²) in [4.78, 5) is 2.44. The van der Waals surface area contributed by atoms with Gasteiger partial charge in [0.25, 0.3) is 0 Å². The molecule has 3 heteroatoms. The Morgan fingerprint density at radius 2 is 0.807 bits per heavy atom. The molecule has 11 aromatic rings. The number of hydrogen-bond acceptors (Lipinski definition) is 2. The van der Waals surface area contributed by atoms with Crippen LogP contribution in [0.3, 0.4) is 0 Å². The Balaban J connectivity index is 1.19. The molecule has 10 aromatic carbocycles. The maximum absolute atomic E-state index is 6.74. The molecule has 0 saturated heterocycles. The Morgan fingerprint density at radius 1 is 0.333 bits per heavy atom. The van der Waals surface area contributed by atoms with Crippen LogP contribution in [-0.2, 0) is 0 Å². The highest BCUT2D eigenvalue weighted by atomic mass is 28.3. The van der Waals surface area contributed by atoms with Gasteiger partial charge >= 0.3 is 0 Å². The summed E-state index contributed by atoms with van der Waals surface area (Å²) in [5.41, 5.74) is 5.04. The van der Waals surface area contributed by atoms with Crippen LogP contribution in [0, 0.1) is 0 Å². The molecule has 0 saturated carbocycles. The van der Waals surface area contributed by atoms with E-state index in [1.807, 2.05) is 0 Å². The smallest absolute Gasteiger partial charge is 0.179 e. The Kier molecular flexibility index (Phi) is 7.87. The summed E-state index contributed by atoms with van der Waals surface area (Å²) in [6, 6.07) is 82.2. The van der Waals surface area contributed by atoms with E-state index >= 15 is 0 Å². The highest BCUT2D eigenvalue weighted by Crippen LogP contribution is 2.46. The van der Waals surface area contributed by atoms with Gasteiger partial charge in [-0.25, -0.2) is 0 Å². The van der Waals surface area contributed by atoms with E-state index in [9.17, 15) is 0 Å². The van der Waals surface area contributed by atoms with Gasteiger partial charge in [0.15, 0.2) is 8.07 Å². The minimum atomic E-state index is -2.72. The van der Waals surface area contributed by atoms with E-state index in [0.29, 0.717) is 0 Å². The first-order valence-corrected chi connectivity index (χ1v) is 21.6. The first-order chi connectivity index (χ1) is 28.3. The summed E-state index contributed by atoms with van der Waals surface area (Å²) in [6.45, 7) is 0. The van der Waals surface area contributed by atoms with Crippen molar-refractivity contribution in [2.45, 2.75) is 0 Å². The number of furan rings is 1. The minimum absolute atomic E-state index is 0.884. The molecule has 0 fully saturated rings. The van der Waals surface area contributed by atoms with Crippen LogP contribution in [0.4, 0.5) is 17.1 Å². The molecule has 11 rings (SSSR count). The Labute approximate surface area is 332 Å². The summed E-state index contributed by atoms with van der Waals surface area (Å²) < 4.78 is 6.74. The van der Waals surface area contributed by atoms with Crippen molar-refractivity contribution in [3.63, 3.8) is 0 Å². The lowest BCUT2D eigenvalue weighted by Crippen LogP contribution is -2.74. The van der Waals surface area contributed by atoms with E-state index in [0.717, 1.165) is 49.8 Å². The third-order valence-electron chi connectivity index (χ3n) is 11.8. The summed E-state index contributed by atoms with van der Waals surface area (Å²) in [5.74, 6) is 0. The van der Waals surface area contributed by atoms with E-state index < -0.39 is 8.07 Å². The molecule has 2 nitrogen and oxygen atoms in total. The first kappa shape index (κ1) is 33.2. The van der Waals surface area contributed by atoms with Crippen molar-refractivity contribution in [1.29, 1.82) is 0 Å². The zero-order valence-electron chi connectivity index (χ0n) is 31.2. The normalized spacial score (nSPS) is 11.9. The number of anilines is 3. The van der Waals surface area contributed by atoms with Crippen LogP contribution in [0.2, 0.25) is 0 Å². The van der Waals surface area contributed by atoms with Crippen molar-refractivity contribution in [3.8, 4) is 0 Å². The summed E-state index contributed by atoms with van der Waals surface area (Å²) in [7, 11) is -2.72. The number of rotatable bonds is 7. The minimum Gasteiger partial charge on any atom is -0.455 e. The fourth-order valence-corrected chi connectivity index (χ4v) is 14.0. The van der Waals surface area contributed by atoms with Crippen LogP contribution in [0.15, 0.2) is 229 Å². The van der Waals surface area contributed by atoms with Crippen LogP contribution < -0.4 is 25.6 Å². The zero-order chi connectivity index (χ0) is 37.8. The molecule has 0 aliphatic rings. The predicted molar refractivity (Wildman–Crippen MR) is 245 cm³/mol. The molecule has 0 spiro atoms. The fraction of sp³-hybridized carbons (Fsp3) is 0. The van der Waals surface area contributed by atoms with Gasteiger partial charge in [-0.2, -0.15) is 0 Å². The van der Waals surface area contributed by atoms with Gasteiger partial charge in [-0.1, -0.05) is 188 Å². The maximum atomic E-state index is 6.74. The summed E-state index contributed by atoms with van der Waals surface area (Å²) in [5, 5.41) is 14.8. The molecule has 0 bridgehead atoms. The van der Waals surface area contributed by atoms with Crippen molar-refractivity contribution in [3.05, 3.63) is 224 Å². The quantitative estimate of drug-likeness (QED) is 0.0918. The second kappa shape index (κ2) is 13.5. The highest BCUT2D eigenvalue weighted by Gasteiger charge is 2.41. The number of fused-ring (bicyclic) bond motifs is 8. The van der Waals surface area contributed by atoms with Crippen molar-refractivity contribution in [2.75, 3.05) is 4.90 Å². The number of nitrogens with zero attached hydrogens (tertiary/aromatic N) is 1. The van der Waals surface area contributed by atoms with Gasteiger partial charge in [-0.05, 0) is 84.1 Å². The standard InChI is InChI=1S/C54H37NOSi/c1-4-18-43(19-5-1)57(44-20-6-2-7-21-44,45-22-8-3-9-23-45)46-33-30-41(31-34-46)55(42-32-35-48-40(36-42)29-28-38-16-10-12-24-47(38)48)51-37-39-17-11-13-25-49(39)54-53(51)50-26-14-15-27-52(50)56-54/h1-37H. The lowest BCUT2D eigenvalue weighted by atomic mass is 10.00. The van der Waals surface area contributed by atoms with Crippen LogP contribution >= 0.6 is 0 Å². The van der Waals surface area contributed by atoms with Gasteiger partial charge in [0.05, 0.1) is 11.1 Å². The third kappa shape index (κ3) is 5.31. The Hall–Kier alpha value is -7.20. The topological polar surface area (TPSA) is 16.4 Å². The highest BCUT2D eigenvalue weighted by molar-refractivity contribution is 7.19. The second-order valence-corrected chi connectivity index (χ2v) is 18.7. The predicted octanol–water partition coefficient (Wildman–Crippen LogP) is 11.9. The van der Waals surface area contributed by atoms with E-state index in [-0.39, 0.29) is 0 Å². The first-order valence-electron chi connectivity index (χ1n) is 19.6. The number of benzene rings is 10. The third-order valence-corrected chi connectivity index (χ3v) is 16.6. The molecule has 0 aliphatic heterocycles. The molecule has 268 valence electrons. The molecule has 0 aliphatic carbocycles. The van der Waals surface area contributed by atoms with Gasteiger partial charge < -0.3 is 9.32 Å². The molecule has 0 amide bonds. The second-order valence-electron chi connectivity index (χ2n) is 14.8. The number of hydrogen-bond donors (Lipinski definition) is 0. The molecule has 0 N–H and O–H groups in total. The van der Waals surface area contributed by atoms with Gasteiger partial charge in [-0.3, -0.25) is 0 Å². The molecule has 0 unspecified atom stereocenters. The molecule has 57 heavy (non-hydrogen) atoms. The van der Waals surface area contributed by atoms with Crippen molar-refractivity contribution in [2.24, 2.45) is 0 Å². The Bertz CT molecular complexity index is 3130. The van der Waals surface area contributed by atoms with Gasteiger partial charge in [0.1, 0.15) is 11.2 Å². The molecule has 1 aromatic heterocycles. The molecule has 0 atom stereocenters. The van der Waals surface area contributed by atoms with Crippen molar-refractivity contribution < 1.29 is 4.42 Å². The van der Waals surface area contributed by atoms with E-state index in [2.05, 4.69) is 229 Å². The summed E-state index contributed by atoms with van der Waals surface area (Å²) in [6.07, 6.45) is 0. The van der Waals surface area contributed by atoms with E-state index in [1.54, 1.807) is 0 Å². The van der Waals surface area contributed by atoms with Crippen LogP contribution in [0.1, 0.15) is 0 Å².